The van der Waals surface area contributed by atoms with E-state index in [1.54, 1.807) is 24.3 Å². The summed E-state index contributed by atoms with van der Waals surface area (Å²) in [6.07, 6.45) is 0. The lowest BCUT2D eigenvalue weighted by molar-refractivity contribution is 0.0814. The number of amides is 2. The first-order valence-corrected chi connectivity index (χ1v) is 7.61. The first-order valence-electron chi connectivity index (χ1n) is 6.62. The standard InChI is InChI=1S/C16H14N2O2S/c19-15(13-9-5-2-6-10-13)17-18-14(11-21-16(18)20)12-7-3-1-4-8-12/h1-10,14H,11H2,(H,17,19). The predicted molar refractivity (Wildman–Crippen MR) is 82.8 cm³/mol. The van der Waals surface area contributed by atoms with Gasteiger partial charge in [0.1, 0.15) is 0 Å². The molecule has 1 aliphatic rings. The number of carbonyl (C=O) groups is 2. The molecule has 5 heteroatoms. The van der Waals surface area contributed by atoms with Gasteiger partial charge in [0.25, 0.3) is 5.91 Å². The fraction of sp³-hybridized carbons (Fsp3) is 0.125. The summed E-state index contributed by atoms with van der Waals surface area (Å²) in [5.41, 5.74) is 4.27. The molecule has 0 spiro atoms. The molecule has 1 saturated heterocycles. The zero-order valence-corrected chi connectivity index (χ0v) is 12.0. The van der Waals surface area contributed by atoms with Gasteiger partial charge in [-0.1, -0.05) is 60.3 Å². The number of carbonyl (C=O) groups excluding carboxylic acids is 2. The SMILES string of the molecule is O=C(NN1C(=O)SCC1c1ccccc1)c1ccccc1. The maximum absolute atomic E-state index is 12.2. The third-order valence-corrected chi connectivity index (χ3v) is 4.24. The van der Waals surface area contributed by atoms with Crippen LogP contribution in [0.2, 0.25) is 0 Å². The second-order valence-electron chi connectivity index (χ2n) is 4.68. The lowest BCUT2D eigenvalue weighted by atomic mass is 10.1. The monoisotopic (exact) mass is 298 g/mol. The van der Waals surface area contributed by atoms with Gasteiger partial charge >= 0.3 is 5.24 Å². The van der Waals surface area contributed by atoms with Gasteiger partial charge < -0.3 is 0 Å². The maximum atomic E-state index is 12.2. The third kappa shape index (κ3) is 2.92. The van der Waals surface area contributed by atoms with Crippen molar-refractivity contribution < 1.29 is 9.59 Å². The van der Waals surface area contributed by atoms with Crippen LogP contribution >= 0.6 is 11.8 Å². The van der Waals surface area contributed by atoms with Gasteiger partial charge in [-0.2, -0.15) is 0 Å². The van der Waals surface area contributed by atoms with E-state index < -0.39 is 0 Å². The molecule has 4 nitrogen and oxygen atoms in total. The molecule has 106 valence electrons. The van der Waals surface area contributed by atoms with Gasteiger partial charge in [0, 0.05) is 11.3 Å². The second kappa shape index (κ2) is 6.01. The van der Waals surface area contributed by atoms with E-state index in [1.807, 2.05) is 36.4 Å². The summed E-state index contributed by atoms with van der Waals surface area (Å²) in [6.45, 7) is 0. The Morgan fingerprint density at radius 1 is 1.05 bits per heavy atom. The summed E-state index contributed by atoms with van der Waals surface area (Å²) >= 11 is 1.22. The normalized spacial score (nSPS) is 17.8. The van der Waals surface area contributed by atoms with Crippen LogP contribution in [0.15, 0.2) is 60.7 Å². The van der Waals surface area contributed by atoms with Gasteiger partial charge in [-0.05, 0) is 17.7 Å². The minimum absolute atomic E-state index is 0.128. The molecule has 21 heavy (non-hydrogen) atoms. The molecule has 0 radical (unpaired) electrons. The van der Waals surface area contributed by atoms with E-state index in [0.717, 1.165) is 5.56 Å². The zero-order chi connectivity index (χ0) is 14.7. The Labute approximate surface area is 127 Å². The van der Waals surface area contributed by atoms with Gasteiger partial charge in [-0.15, -0.1) is 0 Å². The largest absolute Gasteiger partial charge is 0.300 e. The smallest absolute Gasteiger partial charge is 0.267 e. The average molecular weight is 298 g/mol. The van der Waals surface area contributed by atoms with Crippen LogP contribution in [-0.4, -0.2) is 21.9 Å². The van der Waals surface area contributed by atoms with Crippen molar-refractivity contribution in [3.8, 4) is 0 Å². The van der Waals surface area contributed by atoms with Crippen molar-refractivity contribution in [3.63, 3.8) is 0 Å². The molecule has 1 N–H and O–H groups in total. The molecule has 3 rings (SSSR count). The molecule has 2 aromatic rings. The summed E-state index contributed by atoms with van der Waals surface area (Å²) in [4.78, 5) is 24.2. The Kier molecular flexibility index (Phi) is 3.92. The molecule has 0 aliphatic carbocycles. The lowest BCUT2D eigenvalue weighted by Crippen LogP contribution is -2.43. The average Bonchev–Trinajstić information content (AvgIpc) is 2.90. The van der Waals surface area contributed by atoms with Crippen LogP contribution in [-0.2, 0) is 0 Å². The van der Waals surface area contributed by atoms with Gasteiger partial charge in [0.2, 0.25) is 0 Å². The molecule has 1 heterocycles. The molecule has 2 aromatic carbocycles. The topological polar surface area (TPSA) is 49.4 Å². The number of hydrazine groups is 1. The Bertz CT molecular complexity index is 646. The second-order valence-corrected chi connectivity index (χ2v) is 5.65. The van der Waals surface area contributed by atoms with E-state index in [9.17, 15) is 9.59 Å². The summed E-state index contributed by atoms with van der Waals surface area (Å²) in [5.74, 6) is 0.366. The quantitative estimate of drug-likeness (QED) is 0.946. The minimum Gasteiger partial charge on any atom is -0.267 e. The molecule has 1 fully saturated rings. The number of benzene rings is 2. The van der Waals surface area contributed by atoms with Crippen LogP contribution < -0.4 is 5.43 Å². The highest BCUT2D eigenvalue weighted by atomic mass is 32.2. The number of hydrogen-bond acceptors (Lipinski definition) is 3. The number of hydrogen-bond donors (Lipinski definition) is 1. The van der Waals surface area contributed by atoms with E-state index >= 15 is 0 Å². The van der Waals surface area contributed by atoms with Gasteiger partial charge in [-0.3, -0.25) is 15.0 Å². The molecular formula is C16H14N2O2S. The van der Waals surface area contributed by atoms with Crippen molar-refractivity contribution in [1.29, 1.82) is 0 Å². The van der Waals surface area contributed by atoms with Crippen LogP contribution in [0.4, 0.5) is 4.79 Å². The summed E-state index contributed by atoms with van der Waals surface area (Å²) in [7, 11) is 0. The predicted octanol–water partition coefficient (Wildman–Crippen LogP) is 3.24. The molecule has 0 bridgehead atoms. The van der Waals surface area contributed by atoms with E-state index in [4.69, 9.17) is 0 Å². The number of thioether (sulfide) groups is 1. The van der Waals surface area contributed by atoms with Crippen LogP contribution in [0.5, 0.6) is 0 Å². The maximum Gasteiger partial charge on any atom is 0.300 e. The van der Waals surface area contributed by atoms with Crippen LogP contribution in [0, 0.1) is 0 Å². The summed E-state index contributed by atoms with van der Waals surface area (Å²) in [5, 5.41) is 1.29. The third-order valence-electron chi connectivity index (χ3n) is 3.32. The summed E-state index contributed by atoms with van der Waals surface area (Å²) < 4.78 is 0. The Balaban J connectivity index is 1.79. The number of nitrogens with zero attached hydrogens (tertiary/aromatic N) is 1. The fourth-order valence-electron chi connectivity index (χ4n) is 2.23. The molecule has 1 unspecified atom stereocenters. The summed E-state index contributed by atoms with van der Waals surface area (Å²) in [6, 6.07) is 18.5. The van der Waals surface area contributed by atoms with E-state index in [0.29, 0.717) is 11.3 Å². The lowest BCUT2D eigenvalue weighted by Gasteiger charge is -2.24. The minimum atomic E-state index is -0.271. The van der Waals surface area contributed by atoms with Crippen molar-refractivity contribution in [1.82, 2.24) is 10.4 Å². The molecule has 2 amide bonds. The van der Waals surface area contributed by atoms with Crippen LogP contribution in [0.1, 0.15) is 22.0 Å². The number of rotatable bonds is 3. The molecular weight excluding hydrogens is 284 g/mol. The number of nitrogens with one attached hydrogen (secondary N) is 1. The first kappa shape index (κ1) is 13.7. The Morgan fingerprint density at radius 2 is 1.67 bits per heavy atom. The molecule has 0 saturated carbocycles. The molecule has 1 aliphatic heterocycles. The van der Waals surface area contributed by atoms with Crippen molar-refractivity contribution in [2.75, 3.05) is 5.75 Å². The van der Waals surface area contributed by atoms with E-state index in [2.05, 4.69) is 5.43 Å². The fourth-order valence-corrected chi connectivity index (χ4v) is 3.18. The Hall–Kier alpha value is -2.27. The first-order chi connectivity index (χ1) is 10.3. The van der Waals surface area contributed by atoms with Crippen LogP contribution in [0.3, 0.4) is 0 Å². The molecule has 0 aromatic heterocycles. The highest BCUT2D eigenvalue weighted by Gasteiger charge is 2.34. The van der Waals surface area contributed by atoms with Crippen molar-refractivity contribution in [2.24, 2.45) is 0 Å². The van der Waals surface area contributed by atoms with E-state index in [1.165, 1.54) is 16.8 Å². The zero-order valence-electron chi connectivity index (χ0n) is 11.2. The van der Waals surface area contributed by atoms with Crippen molar-refractivity contribution in [2.45, 2.75) is 6.04 Å². The molecule has 1 atom stereocenters. The van der Waals surface area contributed by atoms with Gasteiger partial charge in [-0.25, -0.2) is 5.01 Å². The van der Waals surface area contributed by atoms with Crippen molar-refractivity contribution >= 4 is 22.9 Å². The van der Waals surface area contributed by atoms with E-state index in [-0.39, 0.29) is 17.2 Å². The van der Waals surface area contributed by atoms with Gasteiger partial charge in [0.05, 0.1) is 6.04 Å². The highest BCUT2D eigenvalue weighted by Crippen LogP contribution is 2.33. The van der Waals surface area contributed by atoms with Crippen LogP contribution in [0.25, 0.3) is 0 Å². The van der Waals surface area contributed by atoms with Gasteiger partial charge in [0.15, 0.2) is 0 Å². The van der Waals surface area contributed by atoms with Crippen molar-refractivity contribution in [3.05, 3.63) is 71.8 Å². The highest BCUT2D eigenvalue weighted by molar-refractivity contribution is 8.13. The Morgan fingerprint density at radius 3 is 2.33 bits per heavy atom.